The molecule has 0 radical (unpaired) electrons. The number of nitrogens with zero attached hydrogens (tertiary/aromatic N) is 1. The van der Waals surface area contributed by atoms with E-state index in [1.807, 2.05) is 0 Å². The van der Waals surface area contributed by atoms with Crippen LogP contribution in [0.15, 0.2) is 23.1 Å². The number of likely N-dealkylation sites (N-methyl/N-ethyl adjacent to an activating group) is 1. The second-order valence-corrected chi connectivity index (χ2v) is 6.20. The van der Waals surface area contributed by atoms with Crippen molar-refractivity contribution in [3.05, 3.63) is 28.3 Å². The van der Waals surface area contributed by atoms with Gasteiger partial charge in [0.25, 0.3) is 5.69 Å². The average Bonchev–Trinajstić information content (AvgIpc) is 2.36. The van der Waals surface area contributed by atoms with Gasteiger partial charge in [-0.25, -0.2) is 8.42 Å². The van der Waals surface area contributed by atoms with Gasteiger partial charge in [-0.1, -0.05) is 0 Å². The van der Waals surface area contributed by atoms with Gasteiger partial charge in [-0.05, 0) is 19.1 Å². The van der Waals surface area contributed by atoms with Crippen molar-refractivity contribution in [3.63, 3.8) is 0 Å². The molecule has 1 amide bonds. The van der Waals surface area contributed by atoms with Crippen molar-refractivity contribution in [1.82, 2.24) is 5.32 Å². The predicted octanol–water partition coefficient (Wildman–Crippen LogP) is 0.545. The lowest BCUT2D eigenvalue weighted by Crippen LogP contribution is -2.35. The van der Waals surface area contributed by atoms with Crippen LogP contribution in [0.1, 0.15) is 6.92 Å². The van der Waals surface area contributed by atoms with Crippen LogP contribution in [0, 0.1) is 10.1 Å². The molecule has 1 atom stereocenters. The number of hydrogen-bond donors (Lipinski definition) is 2. The molecule has 0 aromatic heterocycles. The topological polar surface area (TPSA) is 118 Å². The zero-order valence-corrected chi connectivity index (χ0v) is 12.0. The summed E-state index contributed by atoms with van der Waals surface area (Å²) in [6.45, 7) is 1.53. The summed E-state index contributed by atoms with van der Waals surface area (Å²) >= 11 is 0. The monoisotopic (exact) mass is 301 g/mol. The number of anilines is 1. The minimum Gasteiger partial charge on any atom is -0.368 e. The molecule has 110 valence electrons. The average molecular weight is 301 g/mol. The highest BCUT2D eigenvalue weighted by molar-refractivity contribution is 7.90. The number of carbonyl (C=O) groups excluding carboxylic acids is 1. The molecule has 0 saturated carbocycles. The van der Waals surface area contributed by atoms with Crippen LogP contribution >= 0.6 is 0 Å². The summed E-state index contributed by atoms with van der Waals surface area (Å²) in [5.74, 6) is -0.341. The highest BCUT2D eigenvalue weighted by Gasteiger charge is 2.21. The molecule has 0 spiro atoms. The van der Waals surface area contributed by atoms with E-state index in [9.17, 15) is 23.3 Å². The van der Waals surface area contributed by atoms with Gasteiger partial charge in [-0.15, -0.1) is 0 Å². The quantitative estimate of drug-likeness (QED) is 0.605. The molecule has 2 N–H and O–H groups in total. The summed E-state index contributed by atoms with van der Waals surface area (Å²) < 4.78 is 22.8. The zero-order chi connectivity index (χ0) is 15.5. The van der Waals surface area contributed by atoms with Crippen molar-refractivity contribution in [1.29, 1.82) is 0 Å². The van der Waals surface area contributed by atoms with E-state index < -0.39 is 26.5 Å². The number of amides is 1. The number of benzene rings is 1. The van der Waals surface area contributed by atoms with Gasteiger partial charge in [0, 0.05) is 19.4 Å². The van der Waals surface area contributed by atoms with Crippen molar-refractivity contribution in [2.45, 2.75) is 17.9 Å². The van der Waals surface area contributed by atoms with Crippen molar-refractivity contribution in [3.8, 4) is 0 Å². The largest absolute Gasteiger partial charge is 0.368 e. The molecular formula is C11H15N3O5S. The van der Waals surface area contributed by atoms with Crippen molar-refractivity contribution in [2.75, 3.05) is 18.6 Å². The Morgan fingerprint density at radius 2 is 2.00 bits per heavy atom. The van der Waals surface area contributed by atoms with E-state index in [0.717, 1.165) is 12.3 Å². The standard InChI is InChI=1S/C11H15N3O5S/c1-7(11(15)12-2)13-9-5-4-8(20(3,18)19)6-10(9)14(16)17/h4-7,13H,1-3H3,(H,12,15). The molecule has 0 aliphatic carbocycles. The Kier molecular flexibility index (Phi) is 4.66. The van der Waals surface area contributed by atoms with Gasteiger partial charge in [0.1, 0.15) is 11.7 Å². The van der Waals surface area contributed by atoms with E-state index in [4.69, 9.17) is 0 Å². The minimum absolute atomic E-state index is 0.0819. The van der Waals surface area contributed by atoms with Gasteiger partial charge in [0.05, 0.1) is 9.82 Å². The fraction of sp³-hybridized carbons (Fsp3) is 0.364. The first-order chi connectivity index (χ1) is 9.16. The first kappa shape index (κ1) is 15.9. The molecule has 0 aliphatic heterocycles. The maximum Gasteiger partial charge on any atom is 0.293 e. The molecule has 0 heterocycles. The highest BCUT2D eigenvalue weighted by Crippen LogP contribution is 2.28. The minimum atomic E-state index is -3.54. The molecule has 0 saturated heterocycles. The molecule has 0 fully saturated rings. The molecule has 8 nitrogen and oxygen atoms in total. The Hall–Kier alpha value is -2.16. The van der Waals surface area contributed by atoms with E-state index in [1.165, 1.54) is 26.1 Å². The van der Waals surface area contributed by atoms with Gasteiger partial charge in [-0.2, -0.15) is 0 Å². The van der Waals surface area contributed by atoms with Crippen LogP contribution in [0.3, 0.4) is 0 Å². The SMILES string of the molecule is CNC(=O)C(C)Nc1ccc(S(C)(=O)=O)cc1[N+](=O)[O-]. The van der Waals surface area contributed by atoms with Crippen LogP contribution in [0.25, 0.3) is 0 Å². The summed E-state index contributed by atoms with van der Waals surface area (Å²) in [7, 11) is -2.09. The lowest BCUT2D eigenvalue weighted by atomic mass is 10.2. The summed E-state index contributed by atoms with van der Waals surface area (Å²) in [5.41, 5.74) is -0.317. The molecule has 1 aromatic rings. The Bertz CT molecular complexity index is 641. The maximum atomic E-state index is 11.4. The maximum absolute atomic E-state index is 11.4. The lowest BCUT2D eigenvalue weighted by molar-refractivity contribution is -0.384. The fourth-order valence-corrected chi connectivity index (χ4v) is 2.17. The summed E-state index contributed by atoms with van der Waals surface area (Å²) in [5, 5.41) is 16.1. The third-order valence-corrected chi connectivity index (χ3v) is 3.72. The molecule has 0 aliphatic rings. The van der Waals surface area contributed by atoms with Crippen molar-refractivity contribution >= 4 is 27.1 Å². The third kappa shape index (κ3) is 3.67. The highest BCUT2D eigenvalue weighted by atomic mass is 32.2. The normalized spacial score (nSPS) is 12.6. The van der Waals surface area contributed by atoms with Gasteiger partial charge < -0.3 is 10.6 Å². The first-order valence-electron chi connectivity index (χ1n) is 5.63. The molecule has 1 aromatic carbocycles. The van der Waals surface area contributed by atoms with Crippen LogP contribution in [-0.2, 0) is 14.6 Å². The van der Waals surface area contributed by atoms with Gasteiger partial charge in [-0.3, -0.25) is 14.9 Å². The number of nitro benzene ring substituents is 1. The number of hydrogen-bond acceptors (Lipinski definition) is 6. The zero-order valence-electron chi connectivity index (χ0n) is 11.2. The van der Waals surface area contributed by atoms with Crippen molar-refractivity contribution < 1.29 is 18.1 Å². The second kappa shape index (κ2) is 5.87. The Labute approximate surface area is 116 Å². The second-order valence-electron chi connectivity index (χ2n) is 4.19. The van der Waals surface area contributed by atoms with Crippen LogP contribution < -0.4 is 10.6 Å². The van der Waals surface area contributed by atoms with Gasteiger partial charge in [0.2, 0.25) is 5.91 Å². The third-order valence-electron chi connectivity index (χ3n) is 2.61. The molecule has 0 bridgehead atoms. The summed E-state index contributed by atoms with van der Waals surface area (Å²) in [4.78, 5) is 21.5. The van der Waals surface area contributed by atoms with E-state index in [1.54, 1.807) is 0 Å². The van der Waals surface area contributed by atoms with E-state index >= 15 is 0 Å². The Morgan fingerprint density at radius 1 is 1.40 bits per heavy atom. The number of nitrogens with one attached hydrogen (secondary N) is 2. The van der Waals surface area contributed by atoms with Crippen molar-refractivity contribution in [2.24, 2.45) is 0 Å². The van der Waals surface area contributed by atoms with Crippen LogP contribution in [0.4, 0.5) is 11.4 Å². The Morgan fingerprint density at radius 3 is 2.45 bits per heavy atom. The van der Waals surface area contributed by atoms with Gasteiger partial charge in [0.15, 0.2) is 9.84 Å². The molecular weight excluding hydrogens is 286 g/mol. The van der Waals surface area contributed by atoms with Crippen LogP contribution in [0.2, 0.25) is 0 Å². The number of rotatable bonds is 5. The molecule has 1 unspecified atom stereocenters. The smallest absolute Gasteiger partial charge is 0.293 e. The summed E-state index contributed by atoms with van der Waals surface area (Å²) in [6, 6.07) is 2.80. The summed E-state index contributed by atoms with van der Waals surface area (Å²) in [6.07, 6.45) is 0.965. The van der Waals surface area contributed by atoms with E-state index in [0.29, 0.717) is 0 Å². The molecule has 1 rings (SSSR count). The predicted molar refractivity (Wildman–Crippen MR) is 73.4 cm³/mol. The Balaban J connectivity index is 3.21. The van der Waals surface area contributed by atoms with E-state index in [-0.39, 0.29) is 16.5 Å². The number of carbonyl (C=O) groups is 1. The molecule has 9 heteroatoms. The number of sulfone groups is 1. The van der Waals surface area contributed by atoms with Crippen LogP contribution in [-0.4, -0.2) is 38.6 Å². The van der Waals surface area contributed by atoms with Crippen LogP contribution in [0.5, 0.6) is 0 Å². The fourth-order valence-electron chi connectivity index (χ4n) is 1.53. The number of nitro groups is 1. The van der Waals surface area contributed by atoms with E-state index in [2.05, 4.69) is 10.6 Å². The first-order valence-corrected chi connectivity index (χ1v) is 7.52. The molecule has 20 heavy (non-hydrogen) atoms. The van der Waals surface area contributed by atoms with Gasteiger partial charge >= 0.3 is 0 Å². The lowest BCUT2D eigenvalue weighted by Gasteiger charge is -2.14.